The molecule has 0 aliphatic carbocycles. The average molecular weight is 413 g/mol. The van der Waals surface area contributed by atoms with E-state index < -0.39 is 0 Å². The Morgan fingerprint density at radius 2 is 1.71 bits per heavy atom. The summed E-state index contributed by atoms with van der Waals surface area (Å²) >= 11 is 9.04. The van der Waals surface area contributed by atoms with Crippen LogP contribution in [0.4, 0.5) is 0 Å². The van der Waals surface area contributed by atoms with Gasteiger partial charge in [0.2, 0.25) is 0 Å². The van der Waals surface area contributed by atoms with Crippen molar-refractivity contribution >= 4 is 46.6 Å². The van der Waals surface area contributed by atoms with Crippen LogP contribution in [0, 0.1) is 0 Å². The topological polar surface area (TPSA) is 101 Å². The van der Waals surface area contributed by atoms with Crippen molar-refractivity contribution in [1.29, 1.82) is 0 Å². The van der Waals surface area contributed by atoms with E-state index in [1.54, 1.807) is 6.92 Å². The van der Waals surface area contributed by atoms with Gasteiger partial charge in [-0.05, 0) is 31.4 Å². The summed E-state index contributed by atoms with van der Waals surface area (Å²) in [7, 11) is 0. The summed E-state index contributed by atoms with van der Waals surface area (Å²) in [4.78, 5) is 0. The fraction of sp³-hybridized carbons (Fsp3) is 0.200. The molecule has 6 nitrogen and oxygen atoms in total. The van der Waals surface area contributed by atoms with Gasteiger partial charge in [0, 0.05) is 21.1 Å². The summed E-state index contributed by atoms with van der Waals surface area (Å²) in [6.07, 6.45) is 1.42. The molecule has 0 atom stereocenters. The molecule has 9 heteroatoms. The van der Waals surface area contributed by atoms with E-state index in [0.717, 1.165) is 0 Å². The average Bonchev–Trinajstić information content (AvgIpc) is 2.00. The van der Waals surface area contributed by atoms with E-state index in [9.17, 15) is 0 Å². The Bertz CT molecular complexity index is 263. The maximum absolute atomic E-state index is 5.13. The quantitative estimate of drug-likeness (QED) is 0.269. The van der Waals surface area contributed by atoms with E-state index in [1.807, 2.05) is 0 Å². The van der Waals surface area contributed by atoms with Gasteiger partial charge in [-0.2, -0.15) is 10.2 Å². The summed E-state index contributed by atoms with van der Waals surface area (Å²) in [6, 6.07) is 0. The summed E-state index contributed by atoms with van der Waals surface area (Å²) < 4.78 is 0. The smallest absolute Gasteiger partial charge is 0.184 e. The SMILES string of the molecule is CC(C=NNC(N)=S)=NNC(N)=S.[Pt]. The Morgan fingerprint density at radius 1 is 1.21 bits per heavy atom. The van der Waals surface area contributed by atoms with Crippen molar-refractivity contribution < 1.29 is 21.1 Å². The summed E-state index contributed by atoms with van der Waals surface area (Å²) in [5.41, 5.74) is 15.6. The number of nitrogens with one attached hydrogen (secondary N) is 2. The minimum absolute atomic E-state index is 0. The number of hydrazone groups is 2. The fourth-order valence-corrected chi connectivity index (χ4v) is 0.460. The van der Waals surface area contributed by atoms with Crippen LogP contribution in [0.25, 0.3) is 0 Å². The van der Waals surface area contributed by atoms with Gasteiger partial charge in [-0.1, -0.05) is 0 Å². The molecule has 0 aromatic heterocycles. The molecule has 0 rings (SSSR count). The number of nitrogens with zero attached hydrogens (tertiary/aromatic N) is 2. The summed E-state index contributed by atoms with van der Waals surface area (Å²) in [5.74, 6) is 0. The van der Waals surface area contributed by atoms with Crippen LogP contribution in [0.15, 0.2) is 10.2 Å². The Hall–Kier alpha value is -0.592. The van der Waals surface area contributed by atoms with Crippen LogP contribution in [0.5, 0.6) is 0 Å². The van der Waals surface area contributed by atoms with Crippen LogP contribution >= 0.6 is 24.4 Å². The number of nitrogens with two attached hydrogens (primary N) is 2. The molecule has 0 aromatic carbocycles. The third kappa shape index (κ3) is 11.4. The largest absolute Gasteiger partial charge is 0.375 e. The van der Waals surface area contributed by atoms with E-state index in [-0.39, 0.29) is 31.3 Å². The molecule has 14 heavy (non-hydrogen) atoms. The molecule has 0 bridgehead atoms. The molecule has 0 heterocycles. The Morgan fingerprint density at radius 3 is 2.14 bits per heavy atom. The van der Waals surface area contributed by atoms with Crippen molar-refractivity contribution in [2.45, 2.75) is 6.92 Å². The van der Waals surface area contributed by atoms with E-state index in [1.165, 1.54) is 6.21 Å². The number of rotatable bonds is 3. The number of hydrogen-bond acceptors (Lipinski definition) is 4. The third-order valence-corrected chi connectivity index (χ3v) is 0.951. The molecule has 82 valence electrons. The van der Waals surface area contributed by atoms with Crippen LogP contribution in [-0.2, 0) is 21.1 Å². The second kappa shape index (κ2) is 8.98. The second-order valence-electron chi connectivity index (χ2n) is 1.96. The van der Waals surface area contributed by atoms with Gasteiger partial charge in [0.25, 0.3) is 0 Å². The zero-order valence-corrected chi connectivity index (χ0v) is 11.2. The number of hydrogen-bond donors (Lipinski definition) is 4. The van der Waals surface area contributed by atoms with E-state index in [2.05, 4.69) is 45.5 Å². The molecule has 0 saturated heterocycles. The molecular weight excluding hydrogens is 403 g/mol. The van der Waals surface area contributed by atoms with Gasteiger partial charge in [-0.15, -0.1) is 0 Å². The van der Waals surface area contributed by atoms with E-state index in [0.29, 0.717) is 5.71 Å². The fourth-order valence-electron chi connectivity index (χ4n) is 0.361. The minimum atomic E-state index is 0. The third-order valence-electron chi connectivity index (χ3n) is 0.769. The van der Waals surface area contributed by atoms with Crippen molar-refractivity contribution in [3.63, 3.8) is 0 Å². The van der Waals surface area contributed by atoms with Crippen LogP contribution < -0.4 is 22.3 Å². The molecule has 0 aromatic rings. The first-order chi connectivity index (χ1) is 6.02. The molecule has 0 fully saturated rings. The molecule has 0 radical (unpaired) electrons. The van der Waals surface area contributed by atoms with Gasteiger partial charge >= 0.3 is 0 Å². The first-order valence-electron chi connectivity index (χ1n) is 3.20. The normalized spacial score (nSPS) is 10.5. The minimum Gasteiger partial charge on any atom is -0.375 e. The molecule has 0 unspecified atom stereocenters. The predicted octanol–water partition coefficient (Wildman–Crippen LogP) is -0.988. The zero-order valence-electron chi connectivity index (χ0n) is 7.26. The van der Waals surface area contributed by atoms with Gasteiger partial charge in [0.1, 0.15) is 0 Å². The van der Waals surface area contributed by atoms with Crippen molar-refractivity contribution in [2.75, 3.05) is 0 Å². The summed E-state index contributed by atoms with van der Waals surface area (Å²) in [6.45, 7) is 1.70. The molecule has 0 aliphatic heterocycles. The van der Waals surface area contributed by atoms with Gasteiger partial charge in [-0.3, -0.25) is 10.9 Å². The van der Waals surface area contributed by atoms with Crippen LogP contribution in [0.3, 0.4) is 0 Å². The van der Waals surface area contributed by atoms with Crippen molar-refractivity contribution in [1.82, 2.24) is 10.9 Å². The van der Waals surface area contributed by atoms with Crippen LogP contribution in [-0.4, -0.2) is 22.2 Å². The van der Waals surface area contributed by atoms with Crippen LogP contribution in [0.1, 0.15) is 6.92 Å². The molecule has 0 amide bonds. The monoisotopic (exact) mass is 413 g/mol. The van der Waals surface area contributed by atoms with Crippen molar-refractivity contribution in [3.8, 4) is 0 Å². The Kier molecular flexibility index (Phi) is 10.2. The van der Waals surface area contributed by atoms with Crippen molar-refractivity contribution in [3.05, 3.63) is 0 Å². The van der Waals surface area contributed by atoms with Gasteiger partial charge in [0.05, 0.1) is 11.9 Å². The first-order valence-corrected chi connectivity index (χ1v) is 4.02. The number of thiocarbonyl (C=S) groups is 2. The molecule has 0 saturated carbocycles. The van der Waals surface area contributed by atoms with Crippen LogP contribution in [0.2, 0.25) is 0 Å². The molecule has 0 aliphatic rings. The Labute approximate surface area is 107 Å². The molecule has 0 spiro atoms. The maximum Gasteiger partial charge on any atom is 0.184 e. The molecular formula is C5H10N6PtS2. The van der Waals surface area contributed by atoms with Gasteiger partial charge in [0.15, 0.2) is 10.2 Å². The zero-order chi connectivity index (χ0) is 10.3. The molecule has 6 N–H and O–H groups in total. The second-order valence-corrected chi connectivity index (χ2v) is 2.84. The van der Waals surface area contributed by atoms with E-state index in [4.69, 9.17) is 11.5 Å². The van der Waals surface area contributed by atoms with Gasteiger partial charge in [-0.25, -0.2) is 0 Å². The predicted molar refractivity (Wildman–Crippen MR) is 61.4 cm³/mol. The van der Waals surface area contributed by atoms with Crippen molar-refractivity contribution in [2.24, 2.45) is 21.7 Å². The Balaban J connectivity index is 0. The standard InChI is InChI=1S/C5H10N6S2.Pt/c1-3(9-11-5(7)13)2-8-10-4(6)12;/h2H,1H3,(H3,6,10,12)(H3,7,11,13);. The van der Waals surface area contributed by atoms with Gasteiger partial charge < -0.3 is 11.5 Å². The maximum atomic E-state index is 5.13. The first kappa shape index (κ1) is 15.9. The summed E-state index contributed by atoms with van der Waals surface area (Å²) in [5, 5.41) is 7.58. The van der Waals surface area contributed by atoms with E-state index >= 15 is 0 Å².